The molecule has 1 nitrogen and oxygen atoms in total. The van der Waals surface area contributed by atoms with E-state index in [2.05, 4.69) is 4.99 Å². The topological polar surface area (TPSA) is 12.4 Å². The lowest BCUT2D eigenvalue weighted by Crippen LogP contribution is -2.06. The Hall–Kier alpha value is -0.800. The maximum absolute atomic E-state index is 11.5. The van der Waals surface area contributed by atoms with Crippen LogP contribution in [-0.2, 0) is 0 Å². The fraction of sp³-hybridized carbons (Fsp3) is 0.625. The molecule has 0 saturated carbocycles. The first-order chi connectivity index (χ1) is 5.56. The Morgan fingerprint density at radius 1 is 1.33 bits per heavy atom. The quantitative estimate of drug-likeness (QED) is 0.587. The summed E-state index contributed by atoms with van der Waals surface area (Å²) in [6.07, 6.45) is 0.745. The largest absolute Gasteiger partial charge is 0.393 e. The molecule has 12 heavy (non-hydrogen) atoms. The molecule has 0 aromatic carbocycles. The van der Waals surface area contributed by atoms with Crippen LogP contribution >= 0.6 is 0 Å². The molecule has 0 amide bonds. The smallest absolute Gasteiger partial charge is 0.269 e. The molecule has 0 spiro atoms. The summed E-state index contributed by atoms with van der Waals surface area (Å²) in [6.45, 7) is 1.99. The minimum absolute atomic E-state index is 0.851. The van der Waals surface area contributed by atoms with Gasteiger partial charge in [-0.05, 0) is 6.42 Å². The van der Waals surface area contributed by atoms with Crippen molar-refractivity contribution in [3.63, 3.8) is 0 Å². The van der Waals surface area contributed by atoms with Gasteiger partial charge in [0, 0.05) is 12.4 Å². The molecule has 0 aliphatic heterocycles. The van der Waals surface area contributed by atoms with Crippen molar-refractivity contribution < 1.29 is 13.2 Å². The maximum atomic E-state index is 11.5. The number of allylic oxidation sites excluding steroid dienone is 1. The van der Waals surface area contributed by atoms with E-state index in [4.69, 9.17) is 0 Å². The SMILES string of the molecule is CCC/C=C\N=CCC(F)(F)F. The molecule has 0 N–H and O–H groups in total. The van der Waals surface area contributed by atoms with E-state index in [1.807, 2.05) is 6.92 Å². The fourth-order valence-electron chi connectivity index (χ4n) is 0.519. The van der Waals surface area contributed by atoms with Gasteiger partial charge in [-0.2, -0.15) is 13.2 Å². The van der Waals surface area contributed by atoms with E-state index < -0.39 is 12.6 Å². The highest BCUT2D eigenvalue weighted by molar-refractivity contribution is 5.58. The first kappa shape index (κ1) is 11.2. The summed E-state index contributed by atoms with van der Waals surface area (Å²) in [5.74, 6) is 0. The van der Waals surface area contributed by atoms with Gasteiger partial charge in [0.15, 0.2) is 0 Å². The van der Waals surface area contributed by atoms with Gasteiger partial charge in [0.1, 0.15) is 0 Å². The average molecular weight is 179 g/mol. The highest BCUT2D eigenvalue weighted by atomic mass is 19.4. The Morgan fingerprint density at radius 2 is 2.00 bits per heavy atom. The van der Waals surface area contributed by atoms with Crippen LogP contribution in [0.25, 0.3) is 0 Å². The van der Waals surface area contributed by atoms with Crippen LogP contribution in [0.2, 0.25) is 0 Å². The molecule has 0 radical (unpaired) electrons. The molecular weight excluding hydrogens is 167 g/mol. The molecule has 70 valence electrons. The molecule has 4 heteroatoms. The highest BCUT2D eigenvalue weighted by Gasteiger charge is 2.24. The van der Waals surface area contributed by atoms with E-state index in [0.717, 1.165) is 19.1 Å². The Bertz CT molecular complexity index is 158. The molecule has 0 bridgehead atoms. The summed E-state index contributed by atoms with van der Waals surface area (Å²) >= 11 is 0. The van der Waals surface area contributed by atoms with Gasteiger partial charge in [-0.25, -0.2) is 0 Å². The predicted octanol–water partition coefficient (Wildman–Crippen LogP) is 3.32. The minimum Gasteiger partial charge on any atom is -0.269 e. The van der Waals surface area contributed by atoms with E-state index in [1.165, 1.54) is 6.20 Å². The van der Waals surface area contributed by atoms with E-state index in [9.17, 15) is 13.2 Å². The Morgan fingerprint density at radius 3 is 2.50 bits per heavy atom. The molecule has 0 saturated heterocycles. The van der Waals surface area contributed by atoms with Crippen molar-refractivity contribution in [2.45, 2.75) is 32.4 Å². The molecule has 0 rings (SSSR count). The summed E-state index contributed by atoms with van der Waals surface area (Å²) in [5.41, 5.74) is 0. The fourth-order valence-corrected chi connectivity index (χ4v) is 0.519. The van der Waals surface area contributed by atoms with Crippen LogP contribution in [0, 0.1) is 0 Å². The van der Waals surface area contributed by atoms with Crippen LogP contribution in [0.4, 0.5) is 13.2 Å². The molecule has 0 unspecified atom stereocenters. The molecule has 0 aliphatic carbocycles. The van der Waals surface area contributed by atoms with Crippen LogP contribution in [-0.4, -0.2) is 12.4 Å². The lowest BCUT2D eigenvalue weighted by Gasteiger charge is -1.98. The summed E-state index contributed by atoms with van der Waals surface area (Å²) in [4.78, 5) is 3.47. The summed E-state index contributed by atoms with van der Waals surface area (Å²) in [5, 5.41) is 0. The van der Waals surface area contributed by atoms with Gasteiger partial charge < -0.3 is 0 Å². The number of rotatable bonds is 4. The van der Waals surface area contributed by atoms with Gasteiger partial charge in [-0.3, -0.25) is 4.99 Å². The van der Waals surface area contributed by atoms with Gasteiger partial charge in [0.05, 0.1) is 6.42 Å². The van der Waals surface area contributed by atoms with Gasteiger partial charge in [0.25, 0.3) is 0 Å². The van der Waals surface area contributed by atoms with Crippen LogP contribution < -0.4 is 0 Å². The molecule has 0 fully saturated rings. The molecule has 0 atom stereocenters. The van der Waals surface area contributed by atoms with Crippen molar-refractivity contribution in [1.29, 1.82) is 0 Å². The van der Waals surface area contributed by atoms with Gasteiger partial charge in [0.2, 0.25) is 0 Å². The molecule has 0 aliphatic rings. The number of unbranched alkanes of at least 4 members (excludes halogenated alkanes) is 1. The maximum Gasteiger partial charge on any atom is 0.393 e. The van der Waals surface area contributed by atoms with Crippen LogP contribution in [0.15, 0.2) is 17.3 Å². The van der Waals surface area contributed by atoms with E-state index in [0.29, 0.717) is 0 Å². The molecule has 0 heterocycles. The second kappa shape index (κ2) is 5.80. The van der Waals surface area contributed by atoms with E-state index in [-0.39, 0.29) is 0 Å². The van der Waals surface area contributed by atoms with Crippen LogP contribution in [0.5, 0.6) is 0 Å². The monoisotopic (exact) mass is 179 g/mol. The zero-order valence-electron chi connectivity index (χ0n) is 6.93. The number of hydrogen-bond acceptors (Lipinski definition) is 1. The lowest BCUT2D eigenvalue weighted by molar-refractivity contribution is -0.120. The number of hydrogen-bond donors (Lipinski definition) is 0. The van der Waals surface area contributed by atoms with E-state index >= 15 is 0 Å². The molecule has 0 aromatic rings. The second-order valence-electron chi connectivity index (χ2n) is 2.32. The first-order valence-electron chi connectivity index (χ1n) is 3.79. The van der Waals surface area contributed by atoms with Gasteiger partial charge in [-0.1, -0.05) is 19.4 Å². The molecular formula is C8H12F3N. The zero-order valence-corrected chi connectivity index (χ0v) is 6.93. The van der Waals surface area contributed by atoms with Crippen LogP contribution in [0.1, 0.15) is 26.2 Å². The second-order valence-corrected chi connectivity index (χ2v) is 2.32. The van der Waals surface area contributed by atoms with Gasteiger partial charge >= 0.3 is 6.18 Å². The van der Waals surface area contributed by atoms with Crippen LogP contribution in [0.3, 0.4) is 0 Å². The van der Waals surface area contributed by atoms with Crippen molar-refractivity contribution in [2.24, 2.45) is 4.99 Å². The number of aliphatic imine (C=N–C) groups is 1. The van der Waals surface area contributed by atoms with Crippen molar-refractivity contribution in [1.82, 2.24) is 0 Å². The highest BCUT2D eigenvalue weighted by Crippen LogP contribution is 2.17. The van der Waals surface area contributed by atoms with Crippen molar-refractivity contribution in [2.75, 3.05) is 0 Å². The average Bonchev–Trinajstić information content (AvgIpc) is 1.94. The normalized spacial score (nSPS) is 13.3. The Balaban J connectivity index is 3.50. The Labute approximate surface area is 70.0 Å². The van der Waals surface area contributed by atoms with E-state index in [1.54, 1.807) is 6.08 Å². The third-order valence-corrected chi connectivity index (χ3v) is 1.07. The zero-order chi connectivity index (χ0) is 9.45. The number of halogens is 3. The third-order valence-electron chi connectivity index (χ3n) is 1.07. The van der Waals surface area contributed by atoms with Crippen molar-refractivity contribution >= 4 is 6.21 Å². The first-order valence-corrected chi connectivity index (χ1v) is 3.79. The lowest BCUT2D eigenvalue weighted by atomic mass is 10.3. The standard InChI is InChI=1S/C8H12F3N/c1-2-3-4-6-12-7-5-8(9,10)11/h4,6-7H,2-3,5H2,1H3/b6-4-,12-7?. The summed E-state index contributed by atoms with van der Waals surface area (Å²) in [7, 11) is 0. The third kappa shape index (κ3) is 9.20. The summed E-state index contributed by atoms with van der Waals surface area (Å²) < 4.78 is 34.5. The van der Waals surface area contributed by atoms with Crippen molar-refractivity contribution in [3.05, 3.63) is 12.3 Å². The van der Waals surface area contributed by atoms with Gasteiger partial charge in [-0.15, -0.1) is 0 Å². The number of nitrogens with zero attached hydrogens (tertiary/aromatic N) is 1. The summed E-state index contributed by atoms with van der Waals surface area (Å²) in [6, 6.07) is 0. The number of alkyl halides is 3. The Kier molecular flexibility index (Phi) is 5.41. The molecule has 0 aromatic heterocycles. The van der Waals surface area contributed by atoms with Crippen molar-refractivity contribution in [3.8, 4) is 0 Å². The predicted molar refractivity (Wildman–Crippen MR) is 43.2 cm³/mol. The minimum atomic E-state index is -4.14.